The van der Waals surface area contributed by atoms with Crippen LogP contribution in [0.2, 0.25) is 0 Å². The summed E-state index contributed by atoms with van der Waals surface area (Å²) < 4.78 is 2.30. The van der Waals surface area contributed by atoms with E-state index in [1.807, 2.05) is 36.4 Å². The van der Waals surface area contributed by atoms with Gasteiger partial charge in [0.2, 0.25) is 0 Å². The standard InChI is InChI=1S/C16H14N2OS/c19-15-13-9-8-10-4-1-2-7-12(10)14(13)17-16(20)18(15)11-5-3-6-11/h1-2,4,7-9,11H,3,5-6H2,(H,17,20). The minimum Gasteiger partial charge on any atom is -0.331 e. The molecule has 4 heteroatoms. The lowest BCUT2D eigenvalue weighted by Crippen LogP contribution is -2.30. The van der Waals surface area contributed by atoms with Crippen LogP contribution in [0.3, 0.4) is 0 Å². The molecule has 1 heterocycles. The summed E-state index contributed by atoms with van der Waals surface area (Å²) in [6.45, 7) is 0. The van der Waals surface area contributed by atoms with E-state index in [2.05, 4.69) is 4.98 Å². The highest BCUT2D eigenvalue weighted by Crippen LogP contribution is 2.31. The van der Waals surface area contributed by atoms with Crippen molar-refractivity contribution < 1.29 is 0 Å². The van der Waals surface area contributed by atoms with Crippen LogP contribution in [0.15, 0.2) is 41.2 Å². The van der Waals surface area contributed by atoms with Crippen molar-refractivity contribution >= 4 is 33.9 Å². The molecule has 0 atom stereocenters. The number of rotatable bonds is 1. The zero-order chi connectivity index (χ0) is 13.7. The second kappa shape index (κ2) is 4.28. The molecule has 3 nitrogen and oxygen atoms in total. The number of fused-ring (bicyclic) bond motifs is 3. The van der Waals surface area contributed by atoms with Gasteiger partial charge in [0.25, 0.3) is 5.56 Å². The average Bonchev–Trinajstić information content (AvgIpc) is 2.41. The number of H-pyrrole nitrogens is 1. The first kappa shape index (κ1) is 11.9. The number of nitrogens with zero attached hydrogens (tertiary/aromatic N) is 1. The summed E-state index contributed by atoms with van der Waals surface area (Å²) in [7, 11) is 0. The molecule has 0 bridgehead atoms. The molecule has 0 radical (unpaired) electrons. The van der Waals surface area contributed by atoms with Crippen molar-refractivity contribution in [1.29, 1.82) is 0 Å². The Bertz CT molecular complexity index is 934. The van der Waals surface area contributed by atoms with Gasteiger partial charge in [0.15, 0.2) is 4.77 Å². The minimum atomic E-state index is 0.0409. The van der Waals surface area contributed by atoms with Gasteiger partial charge in [-0.05, 0) is 42.9 Å². The topological polar surface area (TPSA) is 37.8 Å². The van der Waals surface area contributed by atoms with E-state index < -0.39 is 0 Å². The van der Waals surface area contributed by atoms with Gasteiger partial charge < -0.3 is 4.98 Å². The van der Waals surface area contributed by atoms with E-state index in [9.17, 15) is 4.79 Å². The quantitative estimate of drug-likeness (QED) is 0.542. The Morgan fingerprint density at radius 2 is 1.90 bits per heavy atom. The van der Waals surface area contributed by atoms with Crippen molar-refractivity contribution in [1.82, 2.24) is 9.55 Å². The first-order valence-electron chi connectivity index (χ1n) is 6.92. The van der Waals surface area contributed by atoms with Crippen LogP contribution in [0, 0.1) is 4.77 Å². The van der Waals surface area contributed by atoms with Crippen molar-refractivity contribution in [2.75, 3.05) is 0 Å². The SMILES string of the molecule is O=c1c2ccc3ccccc3c2[nH]c(=S)n1C1CCC1. The second-order valence-corrected chi connectivity index (χ2v) is 5.79. The highest BCUT2D eigenvalue weighted by Gasteiger charge is 2.22. The van der Waals surface area contributed by atoms with E-state index in [0.29, 0.717) is 4.77 Å². The molecule has 0 spiro atoms. The van der Waals surface area contributed by atoms with E-state index in [-0.39, 0.29) is 11.6 Å². The molecule has 0 saturated heterocycles. The third kappa shape index (κ3) is 1.58. The van der Waals surface area contributed by atoms with Gasteiger partial charge in [0.1, 0.15) is 0 Å². The van der Waals surface area contributed by atoms with Gasteiger partial charge in [0, 0.05) is 11.4 Å². The van der Waals surface area contributed by atoms with E-state index >= 15 is 0 Å². The number of hydrogen-bond donors (Lipinski definition) is 1. The van der Waals surface area contributed by atoms with Crippen LogP contribution >= 0.6 is 12.2 Å². The van der Waals surface area contributed by atoms with E-state index in [1.165, 1.54) is 6.42 Å². The Morgan fingerprint density at radius 1 is 1.10 bits per heavy atom. The van der Waals surface area contributed by atoms with Gasteiger partial charge >= 0.3 is 0 Å². The highest BCUT2D eigenvalue weighted by molar-refractivity contribution is 7.71. The molecule has 4 rings (SSSR count). The second-order valence-electron chi connectivity index (χ2n) is 5.40. The summed E-state index contributed by atoms with van der Waals surface area (Å²) in [6.07, 6.45) is 3.29. The molecule has 1 saturated carbocycles. The molecule has 20 heavy (non-hydrogen) atoms. The summed E-state index contributed by atoms with van der Waals surface area (Å²) in [4.78, 5) is 16.0. The summed E-state index contributed by atoms with van der Waals surface area (Å²) in [6, 6.07) is 12.2. The van der Waals surface area contributed by atoms with E-state index in [1.54, 1.807) is 4.57 Å². The molecule has 0 amide bonds. The van der Waals surface area contributed by atoms with Crippen LogP contribution in [0.25, 0.3) is 21.7 Å². The predicted molar refractivity (Wildman–Crippen MR) is 83.8 cm³/mol. The largest absolute Gasteiger partial charge is 0.331 e. The Hall–Kier alpha value is -1.94. The normalized spacial score (nSPS) is 15.6. The minimum absolute atomic E-state index is 0.0409. The fourth-order valence-electron chi connectivity index (χ4n) is 2.95. The van der Waals surface area contributed by atoms with Crippen molar-refractivity contribution in [2.45, 2.75) is 25.3 Å². The summed E-state index contributed by atoms with van der Waals surface area (Å²) >= 11 is 5.41. The van der Waals surface area contributed by atoms with Gasteiger partial charge in [-0.3, -0.25) is 9.36 Å². The average molecular weight is 282 g/mol. The molecular formula is C16H14N2OS. The molecule has 0 unspecified atom stereocenters. The monoisotopic (exact) mass is 282 g/mol. The van der Waals surface area contributed by atoms with Crippen LogP contribution in [0.4, 0.5) is 0 Å². The van der Waals surface area contributed by atoms with Gasteiger partial charge in [-0.25, -0.2) is 0 Å². The molecule has 1 aliphatic rings. The summed E-state index contributed by atoms with van der Waals surface area (Å²) in [5, 5.41) is 2.89. The Balaban J connectivity index is 2.15. The Kier molecular flexibility index (Phi) is 2.54. The lowest BCUT2D eigenvalue weighted by molar-refractivity contribution is 0.302. The number of nitrogens with one attached hydrogen (secondary N) is 1. The zero-order valence-electron chi connectivity index (χ0n) is 10.9. The maximum atomic E-state index is 12.7. The zero-order valence-corrected chi connectivity index (χ0v) is 11.7. The first-order valence-corrected chi connectivity index (χ1v) is 7.33. The fraction of sp³-hybridized carbons (Fsp3) is 0.250. The van der Waals surface area contributed by atoms with Crippen molar-refractivity contribution in [3.05, 3.63) is 51.5 Å². The van der Waals surface area contributed by atoms with Gasteiger partial charge in [-0.2, -0.15) is 0 Å². The summed E-state index contributed by atoms with van der Waals surface area (Å²) in [5.41, 5.74) is 0.896. The van der Waals surface area contributed by atoms with Crippen LogP contribution < -0.4 is 5.56 Å². The lowest BCUT2D eigenvalue weighted by Gasteiger charge is -2.27. The van der Waals surface area contributed by atoms with Gasteiger partial charge in [-0.1, -0.05) is 30.3 Å². The summed E-state index contributed by atoms with van der Waals surface area (Å²) in [5.74, 6) is 0. The number of aromatic nitrogens is 2. The smallest absolute Gasteiger partial charge is 0.262 e. The molecule has 1 N–H and O–H groups in total. The predicted octanol–water partition coefficient (Wildman–Crippen LogP) is 3.94. The maximum Gasteiger partial charge on any atom is 0.262 e. The molecule has 1 aliphatic carbocycles. The third-order valence-electron chi connectivity index (χ3n) is 4.27. The van der Waals surface area contributed by atoms with Crippen LogP contribution in [-0.4, -0.2) is 9.55 Å². The molecule has 2 aromatic carbocycles. The Labute approximate surface area is 120 Å². The van der Waals surface area contributed by atoms with Gasteiger partial charge in [-0.15, -0.1) is 0 Å². The van der Waals surface area contributed by atoms with Crippen molar-refractivity contribution in [3.8, 4) is 0 Å². The first-order chi connectivity index (χ1) is 9.75. The molecule has 3 aromatic rings. The van der Waals surface area contributed by atoms with Crippen molar-refractivity contribution in [3.63, 3.8) is 0 Å². The van der Waals surface area contributed by atoms with E-state index in [4.69, 9.17) is 12.2 Å². The van der Waals surface area contributed by atoms with Crippen LogP contribution in [-0.2, 0) is 0 Å². The molecule has 1 aromatic heterocycles. The van der Waals surface area contributed by atoms with Crippen LogP contribution in [0.1, 0.15) is 25.3 Å². The molecule has 100 valence electrons. The molecule has 1 fully saturated rings. The molecular weight excluding hydrogens is 268 g/mol. The van der Waals surface area contributed by atoms with Crippen molar-refractivity contribution in [2.24, 2.45) is 0 Å². The van der Waals surface area contributed by atoms with Crippen LogP contribution in [0.5, 0.6) is 0 Å². The lowest BCUT2D eigenvalue weighted by atomic mass is 9.93. The maximum absolute atomic E-state index is 12.7. The van der Waals surface area contributed by atoms with E-state index in [0.717, 1.165) is 34.5 Å². The number of aromatic amines is 1. The van der Waals surface area contributed by atoms with Gasteiger partial charge in [0.05, 0.1) is 10.9 Å². The number of benzene rings is 2. The fourth-order valence-corrected chi connectivity index (χ4v) is 3.28. The Morgan fingerprint density at radius 3 is 2.65 bits per heavy atom. The number of hydrogen-bond acceptors (Lipinski definition) is 2. The highest BCUT2D eigenvalue weighted by atomic mass is 32.1. The molecule has 0 aliphatic heterocycles. The third-order valence-corrected chi connectivity index (χ3v) is 4.57.